The number of benzene rings is 1. The molecule has 0 radical (unpaired) electrons. The van der Waals surface area contributed by atoms with E-state index in [1.54, 1.807) is 11.4 Å². The first-order valence-corrected chi connectivity index (χ1v) is 6.26. The van der Waals surface area contributed by atoms with Crippen LogP contribution in [0.4, 0.5) is 13.2 Å². The highest BCUT2D eigenvalue weighted by molar-refractivity contribution is 9.10. The SMILES string of the molecule is COC(=O)c1ccc(Br)c(CCNC(=O)C(F)(F)F)c1. The minimum Gasteiger partial charge on any atom is -0.465 e. The molecule has 1 N–H and O–H groups in total. The van der Waals surface area contributed by atoms with E-state index in [1.807, 2.05) is 0 Å². The lowest BCUT2D eigenvalue weighted by Crippen LogP contribution is -2.37. The van der Waals surface area contributed by atoms with Crippen LogP contribution in [-0.4, -0.2) is 31.7 Å². The number of ether oxygens (including phenoxy) is 1. The van der Waals surface area contributed by atoms with Crippen LogP contribution in [-0.2, 0) is 16.0 Å². The van der Waals surface area contributed by atoms with E-state index in [0.29, 0.717) is 10.0 Å². The number of carbonyl (C=O) groups is 2. The fourth-order valence-corrected chi connectivity index (χ4v) is 1.87. The summed E-state index contributed by atoms with van der Waals surface area (Å²) in [5, 5.41) is 1.76. The van der Waals surface area contributed by atoms with E-state index in [0.717, 1.165) is 0 Å². The maximum absolute atomic E-state index is 12.0. The molecule has 0 aliphatic carbocycles. The van der Waals surface area contributed by atoms with Crippen LogP contribution in [0.3, 0.4) is 0 Å². The van der Waals surface area contributed by atoms with Gasteiger partial charge < -0.3 is 10.1 Å². The first-order chi connectivity index (χ1) is 9.25. The first-order valence-electron chi connectivity index (χ1n) is 5.47. The molecule has 0 fully saturated rings. The van der Waals surface area contributed by atoms with Gasteiger partial charge in [0.15, 0.2) is 0 Å². The summed E-state index contributed by atoms with van der Waals surface area (Å²) >= 11 is 3.22. The maximum atomic E-state index is 12.0. The van der Waals surface area contributed by atoms with Gasteiger partial charge in [-0.25, -0.2) is 4.79 Å². The third-order valence-corrected chi connectivity index (χ3v) is 3.18. The Labute approximate surface area is 121 Å². The van der Waals surface area contributed by atoms with E-state index >= 15 is 0 Å². The van der Waals surface area contributed by atoms with Gasteiger partial charge >= 0.3 is 18.1 Å². The molecule has 0 unspecified atom stereocenters. The molecule has 0 saturated heterocycles. The standard InChI is InChI=1S/C12H11BrF3NO3/c1-20-10(18)8-2-3-9(13)7(6-8)4-5-17-11(19)12(14,15)16/h2-3,6H,4-5H2,1H3,(H,17,19). The largest absolute Gasteiger partial charge is 0.471 e. The van der Waals surface area contributed by atoms with E-state index in [4.69, 9.17) is 0 Å². The monoisotopic (exact) mass is 353 g/mol. The second-order valence-electron chi connectivity index (χ2n) is 3.80. The van der Waals surface area contributed by atoms with Crippen molar-refractivity contribution in [3.05, 3.63) is 33.8 Å². The molecule has 0 aromatic heterocycles. The summed E-state index contributed by atoms with van der Waals surface area (Å²) in [7, 11) is 1.23. The highest BCUT2D eigenvalue weighted by Gasteiger charge is 2.38. The van der Waals surface area contributed by atoms with Gasteiger partial charge in [0.05, 0.1) is 12.7 Å². The number of rotatable bonds is 4. The number of hydrogen-bond donors (Lipinski definition) is 1. The zero-order valence-corrected chi connectivity index (χ0v) is 12.0. The van der Waals surface area contributed by atoms with Crippen LogP contribution in [0.5, 0.6) is 0 Å². The summed E-state index contributed by atoms with van der Waals surface area (Å²) in [4.78, 5) is 22.0. The molecule has 8 heteroatoms. The van der Waals surface area contributed by atoms with E-state index in [-0.39, 0.29) is 18.5 Å². The van der Waals surface area contributed by atoms with Gasteiger partial charge in [0.25, 0.3) is 0 Å². The number of nitrogens with one attached hydrogen (secondary N) is 1. The molecule has 0 heterocycles. The summed E-state index contributed by atoms with van der Waals surface area (Å²) in [6.07, 6.45) is -4.75. The number of alkyl halides is 3. The predicted molar refractivity (Wildman–Crippen MR) is 68.3 cm³/mol. The van der Waals surface area contributed by atoms with Crippen LogP contribution in [0.15, 0.2) is 22.7 Å². The average Bonchev–Trinajstić information content (AvgIpc) is 2.38. The molecule has 4 nitrogen and oxygen atoms in total. The van der Waals surface area contributed by atoms with E-state index in [9.17, 15) is 22.8 Å². The van der Waals surface area contributed by atoms with Crippen LogP contribution in [0.1, 0.15) is 15.9 Å². The van der Waals surface area contributed by atoms with Gasteiger partial charge in [0, 0.05) is 11.0 Å². The highest BCUT2D eigenvalue weighted by atomic mass is 79.9. The molecule has 20 heavy (non-hydrogen) atoms. The minimum atomic E-state index is -4.90. The lowest BCUT2D eigenvalue weighted by molar-refractivity contribution is -0.173. The molecule has 0 aliphatic heterocycles. The molecule has 0 spiro atoms. The predicted octanol–water partition coefficient (Wildman–Crippen LogP) is 2.46. The number of amides is 1. The van der Waals surface area contributed by atoms with Gasteiger partial charge in [0.1, 0.15) is 0 Å². The van der Waals surface area contributed by atoms with Crippen LogP contribution in [0.25, 0.3) is 0 Å². The summed E-state index contributed by atoms with van der Waals surface area (Å²) in [6, 6.07) is 4.61. The quantitative estimate of drug-likeness (QED) is 0.846. The van der Waals surface area contributed by atoms with Crippen LogP contribution < -0.4 is 5.32 Å². The molecule has 1 aromatic carbocycles. The molecule has 1 rings (SSSR count). The molecule has 0 aliphatic rings. The fraction of sp³-hybridized carbons (Fsp3) is 0.333. The van der Waals surface area contributed by atoms with E-state index in [1.165, 1.54) is 19.2 Å². The Kier molecular flexibility index (Phi) is 5.55. The van der Waals surface area contributed by atoms with Crippen molar-refractivity contribution >= 4 is 27.8 Å². The highest BCUT2D eigenvalue weighted by Crippen LogP contribution is 2.19. The van der Waals surface area contributed by atoms with Crippen LogP contribution in [0.2, 0.25) is 0 Å². The Morgan fingerprint density at radius 2 is 2.00 bits per heavy atom. The van der Waals surface area contributed by atoms with Gasteiger partial charge in [-0.1, -0.05) is 15.9 Å². The Hall–Kier alpha value is -1.57. The molecule has 0 atom stereocenters. The summed E-state index contributed by atoms with van der Waals surface area (Å²) in [5.41, 5.74) is 0.878. The summed E-state index contributed by atoms with van der Waals surface area (Å²) < 4.78 is 41.1. The molecule has 0 bridgehead atoms. The number of halogens is 4. The van der Waals surface area contributed by atoms with Crippen molar-refractivity contribution in [2.24, 2.45) is 0 Å². The minimum absolute atomic E-state index is 0.146. The van der Waals surface area contributed by atoms with Crippen molar-refractivity contribution < 1.29 is 27.5 Å². The van der Waals surface area contributed by atoms with E-state index in [2.05, 4.69) is 20.7 Å². The Morgan fingerprint density at radius 3 is 2.55 bits per heavy atom. The third-order valence-electron chi connectivity index (χ3n) is 2.40. The van der Waals surface area contributed by atoms with E-state index < -0.39 is 18.1 Å². The molecular weight excluding hydrogens is 343 g/mol. The number of carbonyl (C=O) groups excluding carboxylic acids is 2. The lowest BCUT2D eigenvalue weighted by Gasteiger charge is -2.09. The average molecular weight is 354 g/mol. The van der Waals surface area contributed by atoms with Crippen molar-refractivity contribution in [3.63, 3.8) is 0 Å². The lowest BCUT2D eigenvalue weighted by atomic mass is 10.1. The topological polar surface area (TPSA) is 55.4 Å². The van der Waals surface area contributed by atoms with Crippen molar-refractivity contribution in [1.82, 2.24) is 5.32 Å². The van der Waals surface area contributed by atoms with Crippen molar-refractivity contribution in [1.29, 1.82) is 0 Å². The van der Waals surface area contributed by atoms with Gasteiger partial charge in [-0.15, -0.1) is 0 Å². The van der Waals surface area contributed by atoms with Crippen molar-refractivity contribution in [3.8, 4) is 0 Å². The second kappa shape index (κ2) is 6.74. The fourth-order valence-electron chi connectivity index (χ4n) is 1.42. The Morgan fingerprint density at radius 1 is 1.35 bits per heavy atom. The number of hydrogen-bond acceptors (Lipinski definition) is 3. The Bertz CT molecular complexity index is 517. The molecule has 1 aromatic rings. The van der Waals surface area contributed by atoms with Crippen molar-refractivity contribution in [2.75, 3.05) is 13.7 Å². The summed E-state index contributed by atoms with van der Waals surface area (Å²) in [5.74, 6) is -2.53. The molecule has 0 saturated carbocycles. The Balaban J connectivity index is 2.68. The van der Waals surface area contributed by atoms with Gasteiger partial charge in [-0.05, 0) is 30.2 Å². The van der Waals surface area contributed by atoms with Crippen LogP contribution >= 0.6 is 15.9 Å². The zero-order chi connectivity index (χ0) is 15.3. The summed E-state index contributed by atoms with van der Waals surface area (Å²) in [6.45, 7) is -0.193. The van der Waals surface area contributed by atoms with Crippen molar-refractivity contribution in [2.45, 2.75) is 12.6 Å². The maximum Gasteiger partial charge on any atom is 0.471 e. The van der Waals surface area contributed by atoms with Gasteiger partial charge in [0.2, 0.25) is 0 Å². The second-order valence-corrected chi connectivity index (χ2v) is 4.66. The number of esters is 1. The first kappa shape index (κ1) is 16.5. The number of methoxy groups -OCH3 is 1. The van der Waals surface area contributed by atoms with Gasteiger partial charge in [-0.3, -0.25) is 4.79 Å². The normalized spacial score (nSPS) is 11.1. The molecule has 110 valence electrons. The molecular formula is C12H11BrF3NO3. The third kappa shape index (κ3) is 4.52. The molecule has 1 amide bonds. The zero-order valence-electron chi connectivity index (χ0n) is 10.4. The van der Waals surface area contributed by atoms with Gasteiger partial charge in [-0.2, -0.15) is 13.2 Å². The van der Waals surface area contributed by atoms with Crippen LogP contribution in [0, 0.1) is 0 Å². The smallest absolute Gasteiger partial charge is 0.465 e.